The molecule has 5 fully saturated rings. The summed E-state index contributed by atoms with van der Waals surface area (Å²) in [4.78, 5) is 63.9. The molecule has 1 saturated carbocycles. The standard InChI is InChI=1S/C48H84N4O10/c1-41(2)21-30(22-42(3,4)49(41)17)60-38(54)34-19-29(37(53)59-32-25-45(9,10)51(57)46(11,12)26-32)20-35(39(55)61-33-27-47(13,14)52(58)48(15,16)28-33)36(34)40(56)62-31-23-43(5,6)50(18)44(7,8)24-31/h29-36,57-58H,19-28H2,1-18H3. The van der Waals surface area contributed by atoms with Crippen LogP contribution in [0.1, 0.15) is 175 Å². The van der Waals surface area contributed by atoms with Crippen LogP contribution in [0.25, 0.3) is 0 Å². The first-order chi connectivity index (χ1) is 27.9. The van der Waals surface area contributed by atoms with Gasteiger partial charge in [0.2, 0.25) is 0 Å². The van der Waals surface area contributed by atoms with Gasteiger partial charge in [0.1, 0.15) is 24.4 Å². The molecule has 5 rings (SSSR count). The predicted molar refractivity (Wildman–Crippen MR) is 235 cm³/mol. The van der Waals surface area contributed by atoms with Crippen LogP contribution in [0.2, 0.25) is 0 Å². The van der Waals surface area contributed by atoms with Crippen LogP contribution in [-0.2, 0) is 38.1 Å². The highest BCUT2D eigenvalue weighted by Gasteiger charge is 2.57. The summed E-state index contributed by atoms with van der Waals surface area (Å²) < 4.78 is 25.5. The summed E-state index contributed by atoms with van der Waals surface area (Å²) >= 11 is 0. The van der Waals surface area contributed by atoms with Crippen LogP contribution in [0.15, 0.2) is 0 Å². The minimum absolute atomic E-state index is 0.0698. The lowest BCUT2D eigenvalue weighted by molar-refractivity contribution is -0.261. The number of likely N-dealkylation sites (tertiary alicyclic amines) is 2. The zero-order valence-corrected chi connectivity index (χ0v) is 41.6. The molecule has 4 heterocycles. The first kappa shape index (κ1) is 50.6. The van der Waals surface area contributed by atoms with E-state index in [1.165, 1.54) is 10.1 Å². The van der Waals surface area contributed by atoms with Crippen molar-refractivity contribution in [3.63, 3.8) is 0 Å². The van der Waals surface area contributed by atoms with E-state index < -0.39 is 94.1 Å². The molecule has 356 valence electrons. The SMILES string of the molecule is CN1C(C)(C)CC(OC(=O)C2CC(C(=O)OC3CC(C)(C)N(O)C(C)(C)C3)CC(C(=O)OC3CC(C)(C)N(O)C(C)(C)C3)C2C(=O)OC2CC(C)(C)N(C)C(C)(C)C2)CC1(C)C. The summed E-state index contributed by atoms with van der Waals surface area (Å²) in [6, 6.07) is 0. The molecule has 5 aliphatic rings. The first-order valence-electron chi connectivity index (χ1n) is 23.2. The Hall–Kier alpha value is -2.36. The van der Waals surface area contributed by atoms with Crippen molar-refractivity contribution in [1.29, 1.82) is 0 Å². The maximum Gasteiger partial charge on any atom is 0.310 e. The Balaban J connectivity index is 1.54. The van der Waals surface area contributed by atoms with Crippen molar-refractivity contribution in [2.24, 2.45) is 23.7 Å². The van der Waals surface area contributed by atoms with Gasteiger partial charge in [0.05, 0.1) is 23.7 Å². The highest BCUT2D eigenvalue weighted by atomic mass is 16.6. The summed E-state index contributed by atoms with van der Waals surface area (Å²) in [6.45, 7) is 32.0. The second-order valence-electron chi connectivity index (χ2n) is 25.0. The summed E-state index contributed by atoms with van der Waals surface area (Å²) in [7, 11) is 4.14. The van der Waals surface area contributed by atoms with Gasteiger partial charge in [-0.1, -0.05) is 0 Å². The Morgan fingerprint density at radius 3 is 0.887 bits per heavy atom. The number of esters is 4. The van der Waals surface area contributed by atoms with Crippen LogP contribution < -0.4 is 0 Å². The molecule has 0 aromatic rings. The Bertz CT molecular complexity index is 1560. The molecule has 0 radical (unpaired) electrons. The van der Waals surface area contributed by atoms with Crippen LogP contribution >= 0.6 is 0 Å². The van der Waals surface area contributed by atoms with Crippen molar-refractivity contribution in [3.05, 3.63) is 0 Å². The second-order valence-corrected chi connectivity index (χ2v) is 25.0. The molecule has 4 atom stereocenters. The molecular formula is C48H84N4O10. The number of rotatable bonds is 8. The molecule has 1 aliphatic carbocycles. The molecule has 0 amide bonds. The molecule has 0 spiro atoms. The Labute approximate surface area is 372 Å². The van der Waals surface area contributed by atoms with Gasteiger partial charge in [0, 0.05) is 95.7 Å². The van der Waals surface area contributed by atoms with Crippen molar-refractivity contribution in [2.75, 3.05) is 14.1 Å². The second kappa shape index (κ2) is 16.8. The normalized spacial score (nSPS) is 33.0. The number of hydrogen-bond donors (Lipinski definition) is 2. The molecular weight excluding hydrogens is 793 g/mol. The fraction of sp³-hybridized carbons (Fsp3) is 0.917. The van der Waals surface area contributed by atoms with E-state index >= 15 is 4.79 Å². The molecule has 0 aromatic heterocycles. The summed E-state index contributed by atoms with van der Waals surface area (Å²) in [5.74, 6) is -7.22. The number of carbonyl (C=O) groups excluding carboxylic acids is 4. The van der Waals surface area contributed by atoms with Gasteiger partial charge in [-0.3, -0.25) is 29.0 Å². The van der Waals surface area contributed by atoms with Crippen molar-refractivity contribution >= 4 is 23.9 Å². The zero-order valence-electron chi connectivity index (χ0n) is 41.6. The lowest BCUT2D eigenvalue weighted by Gasteiger charge is -2.53. The highest BCUT2D eigenvalue weighted by Crippen LogP contribution is 2.47. The van der Waals surface area contributed by atoms with Gasteiger partial charge in [0.25, 0.3) is 0 Å². The van der Waals surface area contributed by atoms with Crippen LogP contribution in [0.5, 0.6) is 0 Å². The Morgan fingerprint density at radius 2 is 0.613 bits per heavy atom. The van der Waals surface area contributed by atoms with E-state index in [0.717, 1.165) is 0 Å². The molecule has 62 heavy (non-hydrogen) atoms. The molecule has 14 heteroatoms. The van der Waals surface area contributed by atoms with E-state index in [2.05, 4.69) is 79.3 Å². The number of hydrogen-bond acceptors (Lipinski definition) is 14. The number of piperidine rings is 4. The largest absolute Gasteiger partial charge is 0.462 e. The molecule has 4 unspecified atom stereocenters. The number of hydroxylamine groups is 4. The topological polar surface area (TPSA) is 159 Å². The van der Waals surface area contributed by atoms with E-state index in [0.29, 0.717) is 51.4 Å². The maximum atomic E-state index is 15.0. The monoisotopic (exact) mass is 877 g/mol. The molecule has 4 saturated heterocycles. The number of ether oxygens (including phenoxy) is 4. The van der Waals surface area contributed by atoms with E-state index in [4.69, 9.17) is 18.9 Å². The maximum absolute atomic E-state index is 15.0. The molecule has 14 nitrogen and oxygen atoms in total. The van der Waals surface area contributed by atoms with Crippen molar-refractivity contribution in [3.8, 4) is 0 Å². The van der Waals surface area contributed by atoms with Crippen molar-refractivity contribution in [1.82, 2.24) is 19.9 Å². The van der Waals surface area contributed by atoms with Crippen molar-refractivity contribution in [2.45, 2.75) is 244 Å². The fourth-order valence-electron chi connectivity index (χ4n) is 12.5. The van der Waals surface area contributed by atoms with Crippen LogP contribution in [-0.4, -0.2) is 137 Å². The zero-order chi connectivity index (χ0) is 47.1. The third-order valence-corrected chi connectivity index (χ3v) is 16.0. The molecule has 0 aromatic carbocycles. The van der Waals surface area contributed by atoms with Gasteiger partial charge in [-0.15, -0.1) is 0 Å². The lowest BCUT2D eigenvalue weighted by atomic mass is 9.67. The summed E-state index contributed by atoms with van der Waals surface area (Å²) in [5, 5.41) is 24.7. The highest BCUT2D eigenvalue weighted by molar-refractivity contribution is 5.89. The minimum Gasteiger partial charge on any atom is -0.462 e. The summed E-state index contributed by atoms with van der Waals surface area (Å²) in [5.41, 5.74) is -4.07. The van der Waals surface area contributed by atoms with Crippen LogP contribution in [0, 0.1) is 23.7 Å². The smallest absolute Gasteiger partial charge is 0.310 e. The van der Waals surface area contributed by atoms with Crippen LogP contribution in [0.3, 0.4) is 0 Å². The third kappa shape index (κ3) is 10.4. The fourth-order valence-corrected chi connectivity index (χ4v) is 12.5. The quantitative estimate of drug-likeness (QED) is 0.182. The minimum atomic E-state index is -1.29. The number of nitrogens with zero attached hydrogens (tertiary/aromatic N) is 4. The van der Waals surface area contributed by atoms with Gasteiger partial charge in [-0.05, 0) is 138 Å². The van der Waals surface area contributed by atoms with Gasteiger partial charge in [-0.2, -0.15) is 10.1 Å². The molecule has 4 aliphatic heterocycles. The summed E-state index contributed by atoms with van der Waals surface area (Å²) in [6.07, 6.45) is 1.34. The first-order valence-corrected chi connectivity index (χ1v) is 23.2. The van der Waals surface area contributed by atoms with E-state index in [9.17, 15) is 24.8 Å². The average Bonchev–Trinajstić information content (AvgIpc) is 3.09. The Kier molecular flexibility index (Phi) is 13.7. The molecule has 2 N–H and O–H groups in total. The Morgan fingerprint density at radius 1 is 0.387 bits per heavy atom. The van der Waals surface area contributed by atoms with Gasteiger partial charge >= 0.3 is 23.9 Å². The lowest BCUT2D eigenvalue weighted by Crippen LogP contribution is -2.61. The van der Waals surface area contributed by atoms with Crippen molar-refractivity contribution < 1.29 is 48.5 Å². The molecule has 0 bridgehead atoms. The van der Waals surface area contributed by atoms with Gasteiger partial charge in [-0.25, -0.2) is 0 Å². The number of carbonyl (C=O) groups is 4. The average molecular weight is 877 g/mol. The van der Waals surface area contributed by atoms with E-state index in [1.807, 2.05) is 55.4 Å². The van der Waals surface area contributed by atoms with Gasteiger partial charge in [0.15, 0.2) is 0 Å². The third-order valence-electron chi connectivity index (χ3n) is 16.0. The van der Waals surface area contributed by atoms with Gasteiger partial charge < -0.3 is 29.4 Å². The van der Waals surface area contributed by atoms with E-state index in [-0.39, 0.29) is 35.0 Å². The van der Waals surface area contributed by atoms with E-state index in [1.54, 1.807) is 0 Å². The predicted octanol–water partition coefficient (Wildman–Crippen LogP) is 7.54. The van der Waals surface area contributed by atoms with Crippen LogP contribution in [0.4, 0.5) is 0 Å².